The van der Waals surface area contributed by atoms with Crippen LogP contribution in [0.1, 0.15) is 0 Å². The van der Waals surface area contributed by atoms with Crippen LogP contribution in [0.5, 0.6) is 23.1 Å². The molecule has 2 aromatic heterocycles. The summed E-state index contributed by atoms with van der Waals surface area (Å²) in [6.07, 6.45) is 0. The zero-order valence-corrected chi connectivity index (χ0v) is 19.6. The molecule has 0 spiro atoms. The van der Waals surface area contributed by atoms with Gasteiger partial charge in [0.05, 0.1) is 26.2 Å². The van der Waals surface area contributed by atoms with Crippen LogP contribution in [0.25, 0.3) is 17.0 Å². The average molecular weight is 486 g/mol. The molecule has 0 aliphatic rings. The molecule has 4 aromatic rings. The molecule has 0 unspecified atom stereocenters. The molecule has 0 bridgehead atoms. The van der Waals surface area contributed by atoms with E-state index < -0.39 is 10.0 Å². The van der Waals surface area contributed by atoms with Gasteiger partial charge in [-0.2, -0.15) is 4.52 Å². The van der Waals surface area contributed by atoms with Crippen molar-refractivity contribution in [2.24, 2.45) is 0 Å². The highest BCUT2D eigenvalue weighted by Crippen LogP contribution is 2.31. The lowest BCUT2D eigenvalue weighted by Crippen LogP contribution is -2.28. The van der Waals surface area contributed by atoms with Crippen LogP contribution in [0.2, 0.25) is 0 Å². The Morgan fingerprint density at radius 3 is 2.50 bits per heavy atom. The summed E-state index contributed by atoms with van der Waals surface area (Å²) in [6.45, 7) is 0.111. The van der Waals surface area contributed by atoms with Gasteiger partial charge < -0.3 is 18.9 Å². The molecule has 0 fully saturated rings. The Kier molecular flexibility index (Phi) is 6.80. The van der Waals surface area contributed by atoms with Crippen molar-refractivity contribution in [1.29, 1.82) is 0 Å². The first-order valence-electron chi connectivity index (χ1n) is 10.2. The smallest absolute Gasteiger partial charge is 0.240 e. The standard InChI is InChI=1S/C22H23N5O6S/c1-30-16-5-4-6-17(14-16)34(28,29)23-11-12-33-21-10-9-20-24-25-22(27(20)26-21)15-7-8-18(31-2)19(13-15)32-3/h4-10,13-14,23H,11-12H2,1-3H3. The van der Waals surface area contributed by atoms with Crippen LogP contribution in [-0.4, -0.2) is 62.7 Å². The van der Waals surface area contributed by atoms with Gasteiger partial charge in [-0.05, 0) is 36.4 Å². The van der Waals surface area contributed by atoms with E-state index in [4.69, 9.17) is 18.9 Å². The van der Waals surface area contributed by atoms with E-state index in [-0.39, 0.29) is 23.9 Å². The maximum Gasteiger partial charge on any atom is 0.240 e. The van der Waals surface area contributed by atoms with Gasteiger partial charge in [-0.15, -0.1) is 15.3 Å². The van der Waals surface area contributed by atoms with E-state index in [1.165, 1.54) is 23.8 Å². The number of nitrogens with zero attached hydrogens (tertiary/aromatic N) is 4. The summed E-state index contributed by atoms with van der Waals surface area (Å²) in [4.78, 5) is 0.107. The molecular weight excluding hydrogens is 462 g/mol. The third-order valence-corrected chi connectivity index (χ3v) is 6.33. The molecule has 178 valence electrons. The fourth-order valence-corrected chi connectivity index (χ4v) is 4.24. The molecule has 11 nitrogen and oxygen atoms in total. The van der Waals surface area contributed by atoms with E-state index in [0.29, 0.717) is 28.7 Å². The highest BCUT2D eigenvalue weighted by molar-refractivity contribution is 7.89. The summed E-state index contributed by atoms with van der Waals surface area (Å²) in [5.41, 5.74) is 1.25. The van der Waals surface area contributed by atoms with Crippen molar-refractivity contribution in [2.75, 3.05) is 34.5 Å². The Morgan fingerprint density at radius 2 is 1.74 bits per heavy atom. The zero-order valence-electron chi connectivity index (χ0n) is 18.8. The minimum atomic E-state index is -3.71. The van der Waals surface area contributed by atoms with Gasteiger partial charge in [-0.25, -0.2) is 13.1 Å². The first kappa shape index (κ1) is 23.3. The summed E-state index contributed by atoms with van der Waals surface area (Å²) >= 11 is 0. The second-order valence-corrected chi connectivity index (χ2v) is 8.73. The maximum absolute atomic E-state index is 12.5. The lowest BCUT2D eigenvalue weighted by molar-refractivity contribution is 0.306. The third kappa shape index (κ3) is 4.87. The van der Waals surface area contributed by atoms with Crippen LogP contribution in [0.3, 0.4) is 0 Å². The van der Waals surface area contributed by atoms with Crippen LogP contribution in [0.15, 0.2) is 59.5 Å². The number of aromatic nitrogens is 4. The fraction of sp³-hybridized carbons (Fsp3) is 0.227. The highest BCUT2D eigenvalue weighted by atomic mass is 32.2. The molecule has 0 saturated heterocycles. The topological polar surface area (TPSA) is 126 Å². The van der Waals surface area contributed by atoms with E-state index in [2.05, 4.69) is 20.0 Å². The number of rotatable bonds is 10. The Hall–Kier alpha value is -3.90. The third-order valence-electron chi connectivity index (χ3n) is 4.88. The number of ether oxygens (including phenoxy) is 4. The van der Waals surface area contributed by atoms with Crippen molar-refractivity contribution in [1.82, 2.24) is 24.5 Å². The molecule has 0 aliphatic carbocycles. The Labute approximate surface area is 196 Å². The van der Waals surface area contributed by atoms with Gasteiger partial charge >= 0.3 is 0 Å². The maximum atomic E-state index is 12.5. The van der Waals surface area contributed by atoms with Crippen LogP contribution in [0.4, 0.5) is 0 Å². The monoisotopic (exact) mass is 485 g/mol. The number of fused-ring (bicyclic) bond motifs is 1. The number of hydrogen-bond acceptors (Lipinski definition) is 9. The van der Waals surface area contributed by atoms with Crippen LogP contribution in [0, 0.1) is 0 Å². The SMILES string of the molecule is COc1cccc(S(=O)(=O)NCCOc2ccc3nnc(-c4ccc(OC)c(OC)c4)n3n2)c1. The van der Waals surface area contributed by atoms with E-state index in [1.807, 2.05) is 6.07 Å². The van der Waals surface area contributed by atoms with Gasteiger partial charge in [-0.1, -0.05) is 6.07 Å². The largest absolute Gasteiger partial charge is 0.497 e. The van der Waals surface area contributed by atoms with Gasteiger partial charge in [0.2, 0.25) is 15.9 Å². The number of benzene rings is 2. The average Bonchev–Trinajstić information content (AvgIpc) is 3.29. The number of nitrogens with one attached hydrogen (secondary N) is 1. The molecule has 12 heteroatoms. The van der Waals surface area contributed by atoms with Crippen LogP contribution < -0.4 is 23.7 Å². The molecule has 0 amide bonds. The first-order chi connectivity index (χ1) is 16.4. The summed E-state index contributed by atoms with van der Waals surface area (Å²) in [7, 11) is 0.883. The molecule has 0 aliphatic heterocycles. The summed E-state index contributed by atoms with van der Waals surface area (Å²) in [5, 5.41) is 12.8. The van der Waals surface area contributed by atoms with Crippen LogP contribution in [-0.2, 0) is 10.0 Å². The Morgan fingerprint density at radius 1 is 0.912 bits per heavy atom. The second-order valence-electron chi connectivity index (χ2n) is 6.96. The van der Waals surface area contributed by atoms with Crippen LogP contribution >= 0.6 is 0 Å². The van der Waals surface area contributed by atoms with Gasteiger partial charge in [0.25, 0.3) is 0 Å². The Bertz CT molecular complexity index is 1410. The summed E-state index contributed by atoms with van der Waals surface area (Å²) in [6, 6.07) is 14.9. The van der Waals surface area contributed by atoms with E-state index in [9.17, 15) is 8.42 Å². The molecule has 2 heterocycles. The minimum Gasteiger partial charge on any atom is -0.497 e. The van der Waals surface area contributed by atoms with Crippen molar-refractivity contribution < 1.29 is 27.4 Å². The molecule has 0 radical (unpaired) electrons. The molecule has 0 atom stereocenters. The molecule has 1 N–H and O–H groups in total. The van der Waals surface area contributed by atoms with E-state index in [0.717, 1.165) is 5.56 Å². The minimum absolute atomic E-state index is 0.0456. The van der Waals surface area contributed by atoms with Crippen molar-refractivity contribution in [3.8, 4) is 34.5 Å². The van der Waals surface area contributed by atoms with Crippen molar-refractivity contribution >= 4 is 15.7 Å². The fourth-order valence-electron chi connectivity index (χ4n) is 3.19. The van der Waals surface area contributed by atoms with Gasteiger partial charge in [0.1, 0.15) is 12.4 Å². The summed E-state index contributed by atoms with van der Waals surface area (Å²) < 4.78 is 50.3. The predicted octanol–water partition coefficient (Wildman–Crippen LogP) is 2.17. The summed E-state index contributed by atoms with van der Waals surface area (Å²) in [5.74, 6) is 2.37. The lowest BCUT2D eigenvalue weighted by Gasteiger charge is -2.10. The molecule has 0 saturated carbocycles. The molecular formula is C22H23N5O6S. The lowest BCUT2D eigenvalue weighted by atomic mass is 10.2. The van der Waals surface area contributed by atoms with E-state index >= 15 is 0 Å². The first-order valence-corrected chi connectivity index (χ1v) is 11.6. The number of sulfonamides is 1. The van der Waals surface area contributed by atoms with Gasteiger partial charge in [0.15, 0.2) is 23.0 Å². The normalized spacial score (nSPS) is 11.4. The second kappa shape index (κ2) is 9.93. The molecule has 2 aromatic carbocycles. The van der Waals surface area contributed by atoms with E-state index in [1.54, 1.807) is 50.6 Å². The van der Waals surface area contributed by atoms with Gasteiger partial charge in [-0.3, -0.25) is 0 Å². The number of methoxy groups -OCH3 is 3. The predicted molar refractivity (Wildman–Crippen MR) is 123 cm³/mol. The zero-order chi connectivity index (χ0) is 24.1. The van der Waals surface area contributed by atoms with Crippen molar-refractivity contribution in [3.05, 3.63) is 54.6 Å². The van der Waals surface area contributed by atoms with Crippen molar-refractivity contribution in [3.63, 3.8) is 0 Å². The number of hydrogen-bond donors (Lipinski definition) is 1. The Balaban J connectivity index is 1.45. The highest BCUT2D eigenvalue weighted by Gasteiger charge is 2.15. The quantitative estimate of drug-likeness (QED) is 0.336. The van der Waals surface area contributed by atoms with Gasteiger partial charge in [0, 0.05) is 24.2 Å². The molecule has 4 rings (SSSR count). The molecule has 34 heavy (non-hydrogen) atoms. The van der Waals surface area contributed by atoms with Crippen molar-refractivity contribution in [2.45, 2.75) is 4.90 Å².